The summed E-state index contributed by atoms with van der Waals surface area (Å²) < 4.78 is 31.6. The lowest BCUT2D eigenvalue weighted by Crippen LogP contribution is -2.22. The Kier molecular flexibility index (Phi) is 8.37. The first-order valence-electron chi connectivity index (χ1n) is 5.83. The van der Waals surface area contributed by atoms with Gasteiger partial charge in [-0.25, -0.2) is 0 Å². The van der Waals surface area contributed by atoms with Gasteiger partial charge in [0.2, 0.25) is 5.96 Å². The molecule has 10 nitrogen and oxygen atoms in total. The minimum Gasteiger partial charge on any atom is -0.369 e. The highest BCUT2D eigenvalue weighted by Gasteiger charge is 1.98. The zero-order chi connectivity index (χ0) is 17.2. The smallest absolute Gasteiger partial charge is 0.369 e. The van der Waals surface area contributed by atoms with E-state index in [1.54, 1.807) is 0 Å². The summed E-state index contributed by atoms with van der Waals surface area (Å²) in [6, 6.07) is 7.54. The molecule has 0 saturated carbocycles. The molecule has 7 N–H and O–H groups in total. The zero-order valence-corrected chi connectivity index (χ0v) is 12.5. The molecule has 0 aliphatic carbocycles. The van der Waals surface area contributed by atoms with E-state index < -0.39 is 10.4 Å². The molecule has 0 heterocycles. The van der Waals surface area contributed by atoms with Gasteiger partial charge >= 0.3 is 10.4 Å². The van der Waals surface area contributed by atoms with E-state index in [9.17, 15) is 4.79 Å². The first-order valence-corrected chi connectivity index (χ1v) is 7.23. The van der Waals surface area contributed by atoms with Crippen molar-refractivity contribution in [1.82, 2.24) is 0 Å². The van der Waals surface area contributed by atoms with Crippen molar-refractivity contribution in [1.29, 1.82) is 0 Å². The molecule has 1 aromatic rings. The van der Waals surface area contributed by atoms with Gasteiger partial charge in [-0.05, 0) is 24.1 Å². The number of hydrogen-bond acceptors (Lipinski definition) is 5. The Labute approximate surface area is 127 Å². The molecule has 0 aromatic heterocycles. The van der Waals surface area contributed by atoms with E-state index in [1.807, 2.05) is 24.3 Å². The molecule has 0 atom stereocenters. The van der Waals surface area contributed by atoms with Gasteiger partial charge in [0.05, 0.1) is 0 Å². The van der Waals surface area contributed by atoms with Gasteiger partial charge in [-0.1, -0.05) is 19.1 Å². The summed E-state index contributed by atoms with van der Waals surface area (Å²) in [6.07, 6.45) is 1.97. The van der Waals surface area contributed by atoms with Crippen LogP contribution in [0.2, 0.25) is 0 Å². The van der Waals surface area contributed by atoms with Crippen LogP contribution in [0.25, 0.3) is 0 Å². The lowest BCUT2D eigenvalue weighted by atomic mass is 10.1. The number of rotatable bonds is 4. The molecule has 0 radical (unpaired) electrons. The van der Waals surface area contributed by atoms with Crippen LogP contribution in [0.4, 0.5) is 5.69 Å². The molecule has 122 valence electrons. The summed E-state index contributed by atoms with van der Waals surface area (Å²) in [4.78, 5) is 11.3. The van der Waals surface area contributed by atoms with E-state index in [-0.39, 0.29) is 11.9 Å². The van der Waals surface area contributed by atoms with Crippen LogP contribution >= 0.6 is 0 Å². The number of nitrogens with two attached hydrogens (primary N) is 2. The van der Waals surface area contributed by atoms with Crippen molar-refractivity contribution in [3.05, 3.63) is 29.8 Å². The lowest BCUT2D eigenvalue weighted by Gasteiger charge is -2.02. The van der Waals surface area contributed by atoms with E-state index in [1.165, 1.54) is 5.56 Å². The Morgan fingerprint density at radius 1 is 1.27 bits per heavy atom. The predicted molar refractivity (Wildman–Crippen MR) is 82.9 cm³/mol. The van der Waals surface area contributed by atoms with Gasteiger partial charge in [0.15, 0.2) is 0 Å². The summed E-state index contributed by atoms with van der Waals surface area (Å²) >= 11 is 0. The van der Waals surface area contributed by atoms with Gasteiger partial charge in [0.1, 0.15) is 6.21 Å². The maximum absolute atomic E-state index is 11.3. The number of guanidine groups is 1. The summed E-state index contributed by atoms with van der Waals surface area (Å²) in [5.74, 6) is -0.583. The van der Waals surface area contributed by atoms with Crippen molar-refractivity contribution >= 4 is 34.2 Å². The number of hydrogen-bond donors (Lipinski definition) is 5. The van der Waals surface area contributed by atoms with Gasteiger partial charge in [0.25, 0.3) is 5.91 Å². The van der Waals surface area contributed by atoms with Crippen LogP contribution in [0, 0.1) is 0 Å². The van der Waals surface area contributed by atoms with Gasteiger partial charge < -0.3 is 16.8 Å². The van der Waals surface area contributed by atoms with Crippen molar-refractivity contribution in [3.8, 4) is 0 Å². The highest BCUT2D eigenvalue weighted by Crippen LogP contribution is 2.09. The number of carbonyl (C=O) groups excluding carboxylic acids is 1. The molecule has 0 aliphatic heterocycles. The monoisotopic (exact) mass is 331 g/mol. The molecule has 11 heteroatoms. The molecular formula is C11H17N5O5S. The Balaban J connectivity index is 0.000000763. The quantitative estimate of drug-likeness (QED) is 0.219. The second-order valence-electron chi connectivity index (χ2n) is 3.76. The molecule has 0 spiro atoms. The van der Waals surface area contributed by atoms with E-state index >= 15 is 0 Å². The largest absolute Gasteiger partial charge is 0.394 e. The van der Waals surface area contributed by atoms with Crippen LogP contribution in [-0.2, 0) is 21.6 Å². The summed E-state index contributed by atoms with van der Waals surface area (Å²) in [6.45, 7) is 2.06. The fraction of sp³-hybridized carbons (Fsp3) is 0.182. The highest BCUT2D eigenvalue weighted by molar-refractivity contribution is 7.79. The Morgan fingerprint density at radius 2 is 1.77 bits per heavy atom. The Morgan fingerprint density at radius 3 is 2.18 bits per heavy atom. The van der Waals surface area contributed by atoms with Crippen LogP contribution in [0.5, 0.6) is 0 Å². The van der Waals surface area contributed by atoms with Crippen molar-refractivity contribution in [2.75, 3.05) is 5.32 Å². The highest BCUT2D eigenvalue weighted by atomic mass is 32.3. The fourth-order valence-electron chi connectivity index (χ4n) is 1.15. The average molecular weight is 331 g/mol. The van der Waals surface area contributed by atoms with Gasteiger partial charge in [0, 0.05) is 5.69 Å². The number of anilines is 1. The molecule has 1 aromatic carbocycles. The van der Waals surface area contributed by atoms with E-state index in [2.05, 4.69) is 22.4 Å². The third-order valence-electron chi connectivity index (χ3n) is 1.98. The van der Waals surface area contributed by atoms with Crippen molar-refractivity contribution in [2.45, 2.75) is 13.3 Å². The minimum absolute atomic E-state index is 0.193. The first-order chi connectivity index (χ1) is 10.1. The lowest BCUT2D eigenvalue weighted by molar-refractivity contribution is -0.110. The number of aryl methyl sites for hydroxylation is 1. The predicted octanol–water partition coefficient (Wildman–Crippen LogP) is -0.206. The first kappa shape index (κ1) is 19.5. The van der Waals surface area contributed by atoms with Crippen LogP contribution in [-0.4, -0.2) is 35.6 Å². The molecule has 22 heavy (non-hydrogen) atoms. The number of nitrogens with zero attached hydrogens (tertiary/aromatic N) is 2. The van der Waals surface area contributed by atoms with E-state index in [0.717, 1.165) is 12.6 Å². The SMILES string of the molecule is CCc1ccc(NC(=O)C=NN=C(N)N)cc1.O=S(=O)(O)O. The topological polar surface area (TPSA) is 180 Å². The normalized spacial score (nSPS) is 10.5. The maximum atomic E-state index is 11.3. The molecule has 0 fully saturated rings. The summed E-state index contributed by atoms with van der Waals surface area (Å²) in [5, 5.41) is 9.34. The standard InChI is InChI=1S/C11H15N5O.H2O4S/c1-2-8-3-5-9(6-4-8)15-10(17)7-14-16-11(12)13;1-5(2,3)4/h3-7H,2H2,1H3,(H,15,17)(H4,12,13,16);(H2,1,2,3,4). The zero-order valence-electron chi connectivity index (χ0n) is 11.7. The van der Waals surface area contributed by atoms with Crippen LogP contribution in [0.3, 0.4) is 0 Å². The van der Waals surface area contributed by atoms with Gasteiger partial charge in [-0.2, -0.15) is 8.42 Å². The number of carbonyl (C=O) groups is 1. The van der Waals surface area contributed by atoms with E-state index in [4.69, 9.17) is 29.0 Å². The molecule has 0 aliphatic rings. The number of benzene rings is 1. The van der Waals surface area contributed by atoms with Crippen molar-refractivity contribution < 1.29 is 22.3 Å². The van der Waals surface area contributed by atoms with Crippen LogP contribution in [0.1, 0.15) is 12.5 Å². The second kappa shape index (κ2) is 9.44. The fourth-order valence-corrected chi connectivity index (χ4v) is 1.15. The third kappa shape index (κ3) is 12.5. The molecule has 1 amide bonds. The van der Waals surface area contributed by atoms with Gasteiger partial charge in [-0.3, -0.25) is 13.9 Å². The van der Waals surface area contributed by atoms with Crippen LogP contribution in [0.15, 0.2) is 34.5 Å². The molecule has 1 rings (SSSR count). The molecule has 0 bridgehead atoms. The van der Waals surface area contributed by atoms with Crippen molar-refractivity contribution in [3.63, 3.8) is 0 Å². The summed E-state index contributed by atoms with van der Waals surface area (Å²) in [7, 11) is -4.67. The molecule has 0 unspecified atom stereocenters. The third-order valence-corrected chi connectivity index (χ3v) is 1.98. The minimum atomic E-state index is -4.67. The maximum Gasteiger partial charge on any atom is 0.394 e. The molecular weight excluding hydrogens is 314 g/mol. The summed E-state index contributed by atoms with van der Waals surface area (Å²) in [5.41, 5.74) is 12.0. The Bertz CT molecular complexity index is 627. The van der Waals surface area contributed by atoms with Crippen molar-refractivity contribution in [2.24, 2.45) is 21.7 Å². The average Bonchev–Trinajstić information content (AvgIpc) is 2.37. The van der Waals surface area contributed by atoms with Gasteiger partial charge in [-0.15, -0.1) is 10.2 Å². The Hall–Kier alpha value is -2.50. The second-order valence-corrected chi connectivity index (χ2v) is 4.65. The molecule has 0 saturated heterocycles. The number of amides is 1. The van der Waals surface area contributed by atoms with E-state index in [0.29, 0.717) is 5.69 Å². The number of nitrogens with one attached hydrogen (secondary N) is 1. The van der Waals surface area contributed by atoms with Crippen LogP contribution < -0.4 is 16.8 Å².